The molecule has 1 aromatic heterocycles. The van der Waals surface area contributed by atoms with E-state index in [2.05, 4.69) is 5.32 Å². The van der Waals surface area contributed by atoms with Crippen molar-refractivity contribution in [3.8, 4) is 11.4 Å². The van der Waals surface area contributed by atoms with Crippen molar-refractivity contribution in [2.75, 3.05) is 11.9 Å². The fourth-order valence-electron chi connectivity index (χ4n) is 5.19. The summed E-state index contributed by atoms with van der Waals surface area (Å²) in [7, 11) is 0. The van der Waals surface area contributed by atoms with E-state index in [1.54, 1.807) is 30.3 Å². The Balaban J connectivity index is 1.71. The normalized spacial score (nSPS) is 19.9. The number of hydrogen-bond donors (Lipinski definition) is 1. The van der Waals surface area contributed by atoms with Gasteiger partial charge in [0.15, 0.2) is 0 Å². The molecular formula is C24H25FN4O2. The van der Waals surface area contributed by atoms with Gasteiger partial charge in [-0.1, -0.05) is 12.1 Å². The number of aryl methyl sites for hydroxylation is 1. The lowest BCUT2D eigenvalue weighted by molar-refractivity contribution is -0.114. The summed E-state index contributed by atoms with van der Waals surface area (Å²) < 4.78 is 16.5. The van der Waals surface area contributed by atoms with Gasteiger partial charge in [0, 0.05) is 31.7 Å². The number of nitrogens with zero attached hydrogens (tertiary/aromatic N) is 3. The summed E-state index contributed by atoms with van der Waals surface area (Å²) in [5, 5.41) is 2.78. The molecule has 3 aromatic rings. The van der Waals surface area contributed by atoms with E-state index in [1.165, 1.54) is 19.4 Å². The zero-order valence-electron chi connectivity index (χ0n) is 17.7. The number of anilines is 1. The number of hydrogen-bond acceptors (Lipinski definition) is 3. The van der Waals surface area contributed by atoms with Crippen LogP contribution in [0.5, 0.6) is 0 Å². The van der Waals surface area contributed by atoms with E-state index in [-0.39, 0.29) is 23.7 Å². The Hall–Kier alpha value is -3.22. The van der Waals surface area contributed by atoms with E-state index in [1.807, 2.05) is 16.4 Å². The lowest BCUT2D eigenvalue weighted by Gasteiger charge is -2.27. The summed E-state index contributed by atoms with van der Waals surface area (Å²) in [5.74, 6) is 0.432. The van der Waals surface area contributed by atoms with Crippen molar-refractivity contribution in [1.29, 1.82) is 0 Å². The van der Waals surface area contributed by atoms with Gasteiger partial charge in [0.25, 0.3) is 5.91 Å². The van der Waals surface area contributed by atoms with Crippen molar-refractivity contribution in [3.05, 3.63) is 47.8 Å². The summed E-state index contributed by atoms with van der Waals surface area (Å²) >= 11 is 0. The number of carbonyl (C=O) groups is 2. The Kier molecular flexibility index (Phi) is 4.76. The number of fused-ring (bicyclic) bond motifs is 3. The van der Waals surface area contributed by atoms with E-state index in [0.29, 0.717) is 46.1 Å². The smallest absolute Gasteiger partial charge is 0.256 e. The van der Waals surface area contributed by atoms with Crippen LogP contribution < -0.4 is 5.32 Å². The van der Waals surface area contributed by atoms with Gasteiger partial charge in [-0.05, 0) is 56.4 Å². The molecule has 7 heteroatoms. The second kappa shape index (κ2) is 7.48. The highest BCUT2D eigenvalue weighted by Crippen LogP contribution is 2.39. The van der Waals surface area contributed by atoms with Crippen molar-refractivity contribution in [2.45, 2.75) is 45.7 Å². The number of likely N-dealkylation sites (tertiary alicyclic amines) is 1. The topological polar surface area (TPSA) is 67.2 Å². The number of aromatic nitrogens is 2. The molecule has 2 bridgehead atoms. The SMILES string of the molecule is CCn1c(-c2ccccc2F)nc2cc(NC(C)=O)cc(C(=O)N3CC4CCC3C4)c21. The first kappa shape index (κ1) is 19.7. The van der Waals surface area contributed by atoms with Gasteiger partial charge in [-0.25, -0.2) is 9.37 Å². The van der Waals surface area contributed by atoms with Crippen molar-refractivity contribution in [3.63, 3.8) is 0 Å². The molecule has 1 saturated heterocycles. The molecule has 0 spiro atoms. The molecule has 2 aliphatic rings. The van der Waals surface area contributed by atoms with Crippen LogP contribution in [0.15, 0.2) is 36.4 Å². The molecule has 160 valence electrons. The standard InChI is InChI=1S/C24H25FN4O2/c1-3-28-22-19(24(31)29-13-15-8-9-17(29)10-15)11-16(26-14(2)30)12-21(22)27-23(28)18-6-4-5-7-20(18)25/h4-7,11-12,15,17H,3,8-10,13H2,1-2H3,(H,26,30). The first-order valence-corrected chi connectivity index (χ1v) is 10.8. The fourth-order valence-corrected chi connectivity index (χ4v) is 5.19. The van der Waals surface area contributed by atoms with Gasteiger partial charge in [0.05, 0.1) is 22.2 Å². The van der Waals surface area contributed by atoms with Crippen molar-refractivity contribution in [2.24, 2.45) is 5.92 Å². The minimum Gasteiger partial charge on any atom is -0.335 e. The summed E-state index contributed by atoms with van der Waals surface area (Å²) in [6, 6.07) is 10.3. The van der Waals surface area contributed by atoms with Crippen LogP contribution in [0, 0.1) is 11.7 Å². The number of rotatable bonds is 4. The Morgan fingerprint density at radius 3 is 2.68 bits per heavy atom. The number of carbonyl (C=O) groups excluding carboxylic acids is 2. The van der Waals surface area contributed by atoms with Crippen LogP contribution in [0.4, 0.5) is 10.1 Å². The fraction of sp³-hybridized carbons (Fsp3) is 0.375. The summed E-state index contributed by atoms with van der Waals surface area (Å²) in [6.45, 7) is 4.70. The minimum atomic E-state index is -0.362. The van der Waals surface area contributed by atoms with E-state index in [4.69, 9.17) is 4.98 Å². The van der Waals surface area contributed by atoms with E-state index < -0.39 is 0 Å². The van der Waals surface area contributed by atoms with Crippen LogP contribution in [-0.2, 0) is 11.3 Å². The minimum absolute atomic E-state index is 0.0425. The molecule has 0 radical (unpaired) electrons. The summed E-state index contributed by atoms with van der Waals surface area (Å²) in [5.41, 5.74) is 2.67. The molecule has 2 unspecified atom stereocenters. The molecule has 1 aliphatic carbocycles. The van der Waals surface area contributed by atoms with E-state index in [0.717, 1.165) is 19.4 Å². The third-order valence-corrected chi connectivity index (χ3v) is 6.49. The third kappa shape index (κ3) is 3.28. The molecule has 31 heavy (non-hydrogen) atoms. The Morgan fingerprint density at radius 1 is 1.23 bits per heavy atom. The second-order valence-corrected chi connectivity index (χ2v) is 8.52. The van der Waals surface area contributed by atoms with E-state index in [9.17, 15) is 14.0 Å². The lowest BCUT2D eigenvalue weighted by atomic mass is 10.1. The van der Waals surface area contributed by atoms with Gasteiger partial charge >= 0.3 is 0 Å². The van der Waals surface area contributed by atoms with Gasteiger partial charge in [0.2, 0.25) is 5.91 Å². The molecule has 1 saturated carbocycles. The highest BCUT2D eigenvalue weighted by atomic mass is 19.1. The molecule has 2 atom stereocenters. The van der Waals surface area contributed by atoms with Crippen LogP contribution in [-0.4, -0.2) is 38.9 Å². The molecule has 1 N–H and O–H groups in total. The van der Waals surface area contributed by atoms with Crippen molar-refractivity contribution >= 4 is 28.5 Å². The highest BCUT2D eigenvalue weighted by molar-refractivity contribution is 6.08. The highest BCUT2D eigenvalue weighted by Gasteiger charge is 2.41. The summed E-state index contributed by atoms with van der Waals surface area (Å²) in [6.07, 6.45) is 3.28. The molecule has 2 fully saturated rings. The predicted octanol–water partition coefficient (Wildman–Crippen LogP) is 4.45. The zero-order chi connectivity index (χ0) is 21.7. The van der Waals surface area contributed by atoms with Gasteiger partial charge in [-0.3, -0.25) is 9.59 Å². The first-order valence-electron chi connectivity index (χ1n) is 10.8. The molecular weight excluding hydrogens is 395 g/mol. The van der Waals surface area contributed by atoms with Gasteiger partial charge in [-0.15, -0.1) is 0 Å². The quantitative estimate of drug-likeness (QED) is 0.678. The number of nitrogens with one attached hydrogen (secondary N) is 1. The van der Waals surface area contributed by atoms with Crippen molar-refractivity contribution in [1.82, 2.24) is 14.5 Å². The molecule has 2 aromatic carbocycles. The maximum atomic E-state index is 14.6. The Labute approximate surface area is 180 Å². The molecule has 6 nitrogen and oxygen atoms in total. The average Bonchev–Trinajstić information content (AvgIpc) is 3.46. The Bertz CT molecular complexity index is 1200. The number of benzene rings is 2. The maximum absolute atomic E-state index is 14.6. The second-order valence-electron chi connectivity index (χ2n) is 8.52. The van der Waals surface area contributed by atoms with Gasteiger partial charge in [-0.2, -0.15) is 0 Å². The number of piperidine rings is 1. The van der Waals surface area contributed by atoms with Crippen LogP contribution >= 0.6 is 0 Å². The van der Waals surface area contributed by atoms with Crippen LogP contribution in [0.1, 0.15) is 43.5 Å². The Morgan fingerprint density at radius 2 is 2.03 bits per heavy atom. The number of imidazole rings is 1. The number of amides is 2. The maximum Gasteiger partial charge on any atom is 0.256 e. The average molecular weight is 420 g/mol. The van der Waals surface area contributed by atoms with Gasteiger partial charge < -0.3 is 14.8 Å². The number of halogens is 1. The molecule has 5 rings (SSSR count). The third-order valence-electron chi connectivity index (χ3n) is 6.49. The largest absolute Gasteiger partial charge is 0.335 e. The van der Waals surface area contributed by atoms with E-state index >= 15 is 0 Å². The van der Waals surface area contributed by atoms with Crippen LogP contribution in [0.2, 0.25) is 0 Å². The molecule has 2 heterocycles. The van der Waals surface area contributed by atoms with Crippen molar-refractivity contribution < 1.29 is 14.0 Å². The van der Waals surface area contributed by atoms with Gasteiger partial charge in [0.1, 0.15) is 11.6 Å². The van der Waals surface area contributed by atoms with Crippen LogP contribution in [0.3, 0.4) is 0 Å². The lowest BCUT2D eigenvalue weighted by Crippen LogP contribution is -2.37. The molecule has 1 aliphatic heterocycles. The molecule has 2 amide bonds. The first-order chi connectivity index (χ1) is 15.0. The zero-order valence-corrected chi connectivity index (χ0v) is 17.7. The summed E-state index contributed by atoms with van der Waals surface area (Å²) in [4.78, 5) is 32.0. The monoisotopic (exact) mass is 420 g/mol. The van der Waals surface area contributed by atoms with Crippen LogP contribution in [0.25, 0.3) is 22.4 Å². The predicted molar refractivity (Wildman–Crippen MR) is 117 cm³/mol.